The fourth-order valence-electron chi connectivity index (χ4n) is 2.45. The van der Waals surface area contributed by atoms with Crippen molar-refractivity contribution in [3.8, 4) is 5.75 Å². The van der Waals surface area contributed by atoms with Gasteiger partial charge in [-0.25, -0.2) is 8.42 Å². The van der Waals surface area contributed by atoms with Crippen molar-refractivity contribution in [2.24, 2.45) is 0 Å². The summed E-state index contributed by atoms with van der Waals surface area (Å²) in [7, 11) is -0.534. The molecule has 0 saturated carbocycles. The molecule has 0 spiro atoms. The van der Waals surface area contributed by atoms with E-state index in [9.17, 15) is 18.0 Å². The molecule has 7 nitrogen and oxygen atoms in total. The highest BCUT2D eigenvalue weighted by atomic mass is 32.2. The molecule has 28 heavy (non-hydrogen) atoms. The molecule has 8 heteroatoms. The SMILES string of the molecule is COc1ccc(NC(=O)CN(C)C(=O)CCS(=O)(=O)c2ccc(C)cc2)cc1. The number of likely N-dealkylation sites (N-methyl/N-ethyl adjacent to an activating group) is 1. The third-order valence-electron chi connectivity index (χ3n) is 4.15. The lowest BCUT2D eigenvalue weighted by Gasteiger charge is -2.17. The summed E-state index contributed by atoms with van der Waals surface area (Å²) in [6, 6.07) is 13.3. The predicted molar refractivity (Wildman–Crippen MR) is 107 cm³/mol. The summed E-state index contributed by atoms with van der Waals surface area (Å²) in [5.74, 6) is -0.428. The largest absolute Gasteiger partial charge is 0.497 e. The number of hydrogen-bond donors (Lipinski definition) is 1. The number of sulfone groups is 1. The Morgan fingerprint density at radius 3 is 2.21 bits per heavy atom. The van der Waals surface area contributed by atoms with Gasteiger partial charge in [-0.2, -0.15) is 0 Å². The Bertz CT molecular complexity index is 922. The van der Waals surface area contributed by atoms with Crippen LogP contribution in [0.4, 0.5) is 5.69 Å². The number of benzene rings is 2. The molecule has 0 radical (unpaired) electrons. The van der Waals surface area contributed by atoms with Gasteiger partial charge in [0.15, 0.2) is 9.84 Å². The van der Waals surface area contributed by atoms with Gasteiger partial charge in [-0.15, -0.1) is 0 Å². The second kappa shape index (κ2) is 9.36. The van der Waals surface area contributed by atoms with Crippen molar-refractivity contribution >= 4 is 27.3 Å². The van der Waals surface area contributed by atoms with E-state index in [1.54, 1.807) is 43.5 Å². The van der Waals surface area contributed by atoms with Crippen LogP contribution >= 0.6 is 0 Å². The number of nitrogens with one attached hydrogen (secondary N) is 1. The zero-order valence-electron chi connectivity index (χ0n) is 16.1. The second-order valence-corrected chi connectivity index (χ2v) is 8.52. The Hall–Kier alpha value is -2.87. The topological polar surface area (TPSA) is 92.8 Å². The van der Waals surface area contributed by atoms with Crippen LogP contribution < -0.4 is 10.1 Å². The smallest absolute Gasteiger partial charge is 0.243 e. The maximum absolute atomic E-state index is 12.3. The molecule has 0 saturated heterocycles. The van der Waals surface area contributed by atoms with Gasteiger partial charge in [0.25, 0.3) is 0 Å². The van der Waals surface area contributed by atoms with Crippen LogP contribution in [0.3, 0.4) is 0 Å². The van der Waals surface area contributed by atoms with Crippen LogP contribution in [0.2, 0.25) is 0 Å². The number of hydrogen-bond acceptors (Lipinski definition) is 5. The molecule has 2 rings (SSSR count). The van der Waals surface area contributed by atoms with E-state index < -0.39 is 15.7 Å². The van der Waals surface area contributed by atoms with E-state index in [1.807, 2.05) is 6.92 Å². The highest BCUT2D eigenvalue weighted by Gasteiger charge is 2.19. The summed E-state index contributed by atoms with van der Waals surface area (Å²) >= 11 is 0. The molecule has 0 bridgehead atoms. The lowest BCUT2D eigenvalue weighted by molar-refractivity contribution is -0.132. The Labute approximate surface area is 165 Å². The number of carbonyl (C=O) groups excluding carboxylic acids is 2. The van der Waals surface area contributed by atoms with E-state index in [1.165, 1.54) is 24.1 Å². The lowest BCUT2D eigenvalue weighted by Crippen LogP contribution is -2.35. The Kier molecular flexibility index (Phi) is 7.17. The van der Waals surface area contributed by atoms with Crippen LogP contribution in [-0.2, 0) is 19.4 Å². The van der Waals surface area contributed by atoms with E-state index >= 15 is 0 Å². The molecule has 0 atom stereocenters. The van der Waals surface area contributed by atoms with Crippen molar-refractivity contribution in [2.45, 2.75) is 18.2 Å². The molecule has 2 aromatic rings. The summed E-state index contributed by atoms with van der Waals surface area (Å²) < 4.78 is 29.7. The summed E-state index contributed by atoms with van der Waals surface area (Å²) in [6.45, 7) is 1.70. The summed E-state index contributed by atoms with van der Waals surface area (Å²) in [6.07, 6.45) is -0.192. The molecular weight excluding hydrogens is 380 g/mol. The number of amides is 2. The minimum absolute atomic E-state index is 0.171. The van der Waals surface area contributed by atoms with Crippen molar-refractivity contribution in [2.75, 3.05) is 31.8 Å². The van der Waals surface area contributed by atoms with Crippen LogP contribution in [0.15, 0.2) is 53.4 Å². The first-order chi connectivity index (χ1) is 13.2. The average Bonchev–Trinajstić information content (AvgIpc) is 2.67. The molecule has 0 aliphatic rings. The minimum Gasteiger partial charge on any atom is -0.497 e. The summed E-state index contributed by atoms with van der Waals surface area (Å²) in [5.41, 5.74) is 1.53. The molecule has 0 heterocycles. The van der Waals surface area contributed by atoms with Crippen molar-refractivity contribution in [1.29, 1.82) is 0 Å². The Morgan fingerprint density at radius 2 is 1.64 bits per heavy atom. The number of aryl methyl sites for hydroxylation is 1. The second-order valence-electron chi connectivity index (χ2n) is 6.41. The van der Waals surface area contributed by atoms with Gasteiger partial charge >= 0.3 is 0 Å². The van der Waals surface area contributed by atoms with Gasteiger partial charge in [0.1, 0.15) is 5.75 Å². The van der Waals surface area contributed by atoms with Crippen molar-refractivity contribution < 1.29 is 22.7 Å². The van der Waals surface area contributed by atoms with E-state index in [2.05, 4.69) is 5.32 Å². The van der Waals surface area contributed by atoms with Gasteiger partial charge < -0.3 is 15.0 Å². The Morgan fingerprint density at radius 1 is 1.04 bits per heavy atom. The van der Waals surface area contributed by atoms with Crippen molar-refractivity contribution in [3.05, 3.63) is 54.1 Å². The van der Waals surface area contributed by atoms with E-state index in [-0.39, 0.29) is 29.5 Å². The van der Waals surface area contributed by atoms with Gasteiger partial charge in [0.05, 0.1) is 24.3 Å². The molecule has 2 aromatic carbocycles. The summed E-state index contributed by atoms with van der Waals surface area (Å²) in [5, 5.41) is 2.68. The molecule has 0 fully saturated rings. The third-order valence-corrected chi connectivity index (χ3v) is 5.88. The molecule has 1 N–H and O–H groups in total. The van der Waals surface area contributed by atoms with Crippen LogP contribution in [0.5, 0.6) is 5.75 Å². The number of carbonyl (C=O) groups is 2. The molecule has 0 aromatic heterocycles. The maximum Gasteiger partial charge on any atom is 0.243 e. The maximum atomic E-state index is 12.3. The van der Waals surface area contributed by atoms with Crippen molar-refractivity contribution in [3.63, 3.8) is 0 Å². The lowest BCUT2D eigenvalue weighted by atomic mass is 10.2. The highest BCUT2D eigenvalue weighted by Crippen LogP contribution is 2.15. The third kappa shape index (κ3) is 6.09. The molecule has 150 valence electrons. The number of rotatable bonds is 8. The standard InChI is InChI=1S/C20H24N2O5S/c1-15-4-10-18(11-5-15)28(25,26)13-12-20(24)22(2)14-19(23)21-16-6-8-17(27-3)9-7-16/h4-11H,12-14H2,1-3H3,(H,21,23). The molecular formula is C20H24N2O5S. The molecule has 0 aliphatic carbocycles. The van der Waals surface area contributed by atoms with Gasteiger partial charge in [0.2, 0.25) is 11.8 Å². The van der Waals surface area contributed by atoms with Gasteiger partial charge in [-0.3, -0.25) is 9.59 Å². The van der Waals surface area contributed by atoms with Gasteiger partial charge in [-0.1, -0.05) is 17.7 Å². The monoisotopic (exact) mass is 404 g/mol. The zero-order chi connectivity index (χ0) is 20.7. The fourth-order valence-corrected chi connectivity index (χ4v) is 3.68. The average molecular weight is 404 g/mol. The normalized spacial score (nSPS) is 11.0. The quantitative estimate of drug-likeness (QED) is 0.729. The fraction of sp³-hybridized carbons (Fsp3) is 0.300. The van der Waals surface area contributed by atoms with Crippen LogP contribution in [0.25, 0.3) is 0 Å². The number of methoxy groups -OCH3 is 1. The van der Waals surface area contributed by atoms with Crippen LogP contribution in [-0.4, -0.2) is 51.6 Å². The first kappa shape index (κ1) is 21.4. The van der Waals surface area contributed by atoms with Crippen molar-refractivity contribution in [1.82, 2.24) is 4.90 Å². The molecule has 2 amide bonds. The minimum atomic E-state index is -3.55. The van der Waals surface area contributed by atoms with Gasteiger partial charge in [-0.05, 0) is 43.3 Å². The first-order valence-electron chi connectivity index (χ1n) is 8.68. The van der Waals surface area contributed by atoms with E-state index in [0.717, 1.165) is 5.56 Å². The van der Waals surface area contributed by atoms with E-state index in [4.69, 9.17) is 4.74 Å². The molecule has 0 aliphatic heterocycles. The van der Waals surface area contributed by atoms with E-state index in [0.29, 0.717) is 11.4 Å². The number of anilines is 1. The zero-order valence-corrected chi connectivity index (χ0v) is 17.0. The number of ether oxygens (including phenoxy) is 1. The van der Waals surface area contributed by atoms with Crippen LogP contribution in [0.1, 0.15) is 12.0 Å². The Balaban J connectivity index is 1.86. The predicted octanol–water partition coefficient (Wildman–Crippen LogP) is 2.26. The summed E-state index contributed by atoms with van der Waals surface area (Å²) in [4.78, 5) is 25.7. The van der Waals surface area contributed by atoms with Gasteiger partial charge in [0, 0.05) is 19.2 Å². The number of nitrogens with zero attached hydrogens (tertiary/aromatic N) is 1. The van der Waals surface area contributed by atoms with Crippen LogP contribution in [0, 0.1) is 6.92 Å². The molecule has 0 unspecified atom stereocenters. The first-order valence-corrected chi connectivity index (χ1v) is 10.3. The highest BCUT2D eigenvalue weighted by molar-refractivity contribution is 7.91.